The van der Waals surface area contributed by atoms with E-state index in [1.807, 2.05) is 66.7 Å². The average Bonchev–Trinajstić information content (AvgIpc) is 3.81. The Morgan fingerprint density at radius 2 is 1.72 bits per heavy atom. The molecule has 53 heavy (non-hydrogen) atoms. The van der Waals surface area contributed by atoms with Crippen molar-refractivity contribution < 1.29 is 38.5 Å². The minimum Gasteiger partial charge on any atom is -0.455 e. The van der Waals surface area contributed by atoms with Crippen LogP contribution in [0.1, 0.15) is 57.6 Å². The van der Waals surface area contributed by atoms with Crippen molar-refractivity contribution in [2.24, 2.45) is 11.8 Å². The molecule has 0 aromatic heterocycles. The molecule has 4 aliphatic rings. The van der Waals surface area contributed by atoms with Gasteiger partial charge in [0.1, 0.15) is 23.7 Å². The van der Waals surface area contributed by atoms with Gasteiger partial charge in [0.05, 0.1) is 24.7 Å². The molecule has 2 N–H and O–H groups in total. The van der Waals surface area contributed by atoms with E-state index in [4.69, 9.17) is 14.2 Å². The zero-order valence-corrected chi connectivity index (χ0v) is 30.9. The summed E-state index contributed by atoms with van der Waals surface area (Å²) < 4.78 is 18.5. The predicted octanol–water partition coefficient (Wildman–Crippen LogP) is 3.94. The second-order valence-corrected chi connectivity index (χ2v) is 14.1. The number of cyclic esters (lactones) is 1. The number of fused-ring (bicyclic) bond motifs is 2. The number of allylic oxidation sites excluding steroid dienone is 1. The van der Waals surface area contributed by atoms with Gasteiger partial charge >= 0.3 is 5.97 Å². The van der Waals surface area contributed by atoms with Crippen molar-refractivity contribution in [3.63, 3.8) is 0 Å². The third-order valence-corrected chi connectivity index (χ3v) is 10.9. The van der Waals surface area contributed by atoms with Crippen LogP contribution in [0.3, 0.4) is 0 Å². The van der Waals surface area contributed by atoms with Crippen LogP contribution in [0.2, 0.25) is 0 Å². The number of carbonyl (C=O) groups is 4. The number of carbonyl (C=O) groups excluding carboxylic acids is 4. The fourth-order valence-corrected chi connectivity index (χ4v) is 8.33. The first kappa shape index (κ1) is 38.2. The molecular formula is C41H52N4O8. The van der Waals surface area contributed by atoms with E-state index in [-0.39, 0.29) is 50.4 Å². The molecule has 0 saturated carbocycles. The summed E-state index contributed by atoms with van der Waals surface area (Å²) in [7, 11) is 1.52. The highest BCUT2D eigenvalue weighted by atomic mass is 16.6. The predicted molar refractivity (Wildman–Crippen MR) is 200 cm³/mol. The van der Waals surface area contributed by atoms with Crippen molar-refractivity contribution >= 4 is 35.1 Å². The van der Waals surface area contributed by atoms with Gasteiger partial charge in [-0.05, 0) is 69.4 Å². The Morgan fingerprint density at radius 1 is 0.962 bits per heavy atom. The van der Waals surface area contributed by atoms with Gasteiger partial charge in [-0.1, -0.05) is 54.6 Å². The number of aliphatic hydroxyl groups is 1. The van der Waals surface area contributed by atoms with E-state index in [2.05, 4.69) is 24.1 Å². The summed E-state index contributed by atoms with van der Waals surface area (Å²) in [5.41, 5.74) is 0.952. The first-order valence-electron chi connectivity index (χ1n) is 18.9. The Bertz CT molecular complexity index is 1660. The normalized spacial score (nSPS) is 29.3. The van der Waals surface area contributed by atoms with Gasteiger partial charge in [0, 0.05) is 57.7 Å². The molecule has 7 atom stereocenters. The lowest BCUT2D eigenvalue weighted by molar-refractivity contribution is -0.162. The molecule has 3 amide bonds. The SMILES string of the molecule is CCN(CC)c1ccc(N2C/C=C\CCC(=O)N[C@H](COC)[C@@H](c3ccccc3)OC(=O)[C@@H]3[C@@H]4C=C[C@]5(O4)[C@H](C2=O)N(CCCCCO)C(=O)[C@@H]35)cc1. The number of benzene rings is 2. The van der Waals surface area contributed by atoms with Crippen LogP contribution in [0.15, 0.2) is 78.9 Å². The van der Waals surface area contributed by atoms with Gasteiger partial charge in [0.2, 0.25) is 11.8 Å². The van der Waals surface area contributed by atoms with E-state index in [1.54, 1.807) is 22.0 Å². The molecular weight excluding hydrogens is 676 g/mol. The van der Waals surface area contributed by atoms with Gasteiger partial charge in [-0.3, -0.25) is 19.2 Å². The van der Waals surface area contributed by atoms with Gasteiger partial charge in [-0.2, -0.15) is 0 Å². The maximum Gasteiger partial charge on any atom is 0.313 e. The molecule has 4 heterocycles. The summed E-state index contributed by atoms with van der Waals surface area (Å²) in [6.07, 6.45) is 7.99. The number of likely N-dealkylation sites (tertiary alicyclic amines) is 1. The van der Waals surface area contributed by atoms with E-state index in [9.17, 15) is 19.5 Å². The van der Waals surface area contributed by atoms with Crippen LogP contribution in [-0.2, 0) is 33.4 Å². The second-order valence-electron chi connectivity index (χ2n) is 14.1. The Labute approximate surface area is 311 Å². The lowest BCUT2D eigenvalue weighted by atomic mass is 9.74. The number of hydrogen-bond donors (Lipinski definition) is 2. The van der Waals surface area contributed by atoms with Crippen molar-refractivity contribution in [3.05, 3.63) is 84.5 Å². The molecule has 5 bridgehead atoms. The van der Waals surface area contributed by atoms with Crippen LogP contribution in [0.25, 0.3) is 0 Å². The molecule has 2 fully saturated rings. The number of rotatable bonds is 12. The molecule has 0 unspecified atom stereocenters. The maximum absolute atomic E-state index is 15.1. The van der Waals surface area contributed by atoms with E-state index in [0.717, 1.165) is 18.8 Å². The monoisotopic (exact) mass is 728 g/mol. The summed E-state index contributed by atoms with van der Waals surface area (Å²) in [5, 5.41) is 12.5. The van der Waals surface area contributed by atoms with E-state index >= 15 is 4.79 Å². The number of aliphatic hydroxyl groups excluding tert-OH is 1. The Hall–Kier alpha value is -4.52. The van der Waals surface area contributed by atoms with Gasteiger partial charge in [-0.15, -0.1) is 0 Å². The lowest BCUT2D eigenvalue weighted by Gasteiger charge is -2.36. The molecule has 2 saturated heterocycles. The van der Waals surface area contributed by atoms with Crippen LogP contribution in [0.4, 0.5) is 11.4 Å². The largest absolute Gasteiger partial charge is 0.455 e. The van der Waals surface area contributed by atoms with Crippen LogP contribution in [-0.4, -0.2) is 104 Å². The number of anilines is 2. The number of amides is 3. The Balaban J connectivity index is 1.43. The standard InChI is InChI=1S/C41H52N4O8/c1-4-43(5-2)29-18-20-30(21-19-29)44-24-12-7-11-17-33(47)42-31(27-51-3)36(28-15-9-6-10-16-28)52-40(50)34-32-22-23-41(53-32)35(34)38(48)45(37(41)39(44)49)25-13-8-14-26-46/h6-7,9-10,12,15-16,18-23,31-32,34-37,46H,4-5,8,11,13-14,17,24-27H2,1-3H3,(H,42,47)/b12-7-/t31-,32+,34-,35-,36-,37+,41-/m1/s1. The summed E-state index contributed by atoms with van der Waals surface area (Å²) in [6, 6.07) is 15.2. The third-order valence-electron chi connectivity index (χ3n) is 10.9. The second kappa shape index (κ2) is 17.1. The van der Waals surface area contributed by atoms with Crippen molar-refractivity contribution in [1.29, 1.82) is 0 Å². The number of unbranched alkanes of at least 4 members (excludes halogenated alkanes) is 2. The fraction of sp³-hybridized carbons (Fsp3) is 0.512. The molecule has 2 aromatic carbocycles. The maximum atomic E-state index is 15.1. The number of ether oxygens (including phenoxy) is 3. The molecule has 0 radical (unpaired) electrons. The number of hydrogen-bond acceptors (Lipinski definition) is 9. The Kier molecular flexibility index (Phi) is 12.3. The molecule has 0 aliphatic carbocycles. The summed E-state index contributed by atoms with van der Waals surface area (Å²) in [4.78, 5) is 63.0. The number of esters is 1. The summed E-state index contributed by atoms with van der Waals surface area (Å²) >= 11 is 0. The van der Waals surface area contributed by atoms with Crippen LogP contribution in [0.5, 0.6) is 0 Å². The fourth-order valence-electron chi connectivity index (χ4n) is 8.33. The van der Waals surface area contributed by atoms with E-state index in [0.29, 0.717) is 36.9 Å². The zero-order chi connectivity index (χ0) is 37.5. The van der Waals surface area contributed by atoms with Gasteiger partial charge in [0.15, 0.2) is 0 Å². The third kappa shape index (κ3) is 7.63. The first-order chi connectivity index (χ1) is 25.8. The van der Waals surface area contributed by atoms with E-state index in [1.165, 1.54) is 7.11 Å². The van der Waals surface area contributed by atoms with Gasteiger partial charge in [-0.25, -0.2) is 0 Å². The minimum absolute atomic E-state index is 0.0288. The van der Waals surface area contributed by atoms with Crippen molar-refractivity contribution in [2.75, 3.05) is 56.3 Å². The highest BCUT2D eigenvalue weighted by molar-refractivity contribution is 6.05. The lowest BCUT2D eigenvalue weighted by Crippen LogP contribution is -2.56. The molecule has 6 rings (SSSR count). The first-order valence-corrected chi connectivity index (χ1v) is 18.9. The van der Waals surface area contributed by atoms with Crippen molar-refractivity contribution in [3.8, 4) is 0 Å². The molecule has 12 heteroatoms. The van der Waals surface area contributed by atoms with Crippen LogP contribution < -0.4 is 15.1 Å². The topological polar surface area (TPSA) is 138 Å². The smallest absolute Gasteiger partial charge is 0.313 e. The molecule has 12 nitrogen and oxygen atoms in total. The zero-order valence-electron chi connectivity index (χ0n) is 30.9. The summed E-state index contributed by atoms with van der Waals surface area (Å²) in [5.74, 6) is -3.57. The highest BCUT2D eigenvalue weighted by Gasteiger charge is 2.73. The molecule has 1 spiro atoms. The average molecular weight is 729 g/mol. The minimum atomic E-state index is -1.39. The quantitative estimate of drug-likeness (QED) is 0.189. The number of nitrogens with one attached hydrogen (secondary N) is 1. The van der Waals surface area contributed by atoms with Crippen molar-refractivity contribution in [2.45, 2.75) is 75.8 Å². The van der Waals surface area contributed by atoms with Gasteiger partial charge < -0.3 is 39.3 Å². The van der Waals surface area contributed by atoms with Crippen LogP contribution >= 0.6 is 0 Å². The van der Waals surface area contributed by atoms with Crippen LogP contribution in [0, 0.1) is 11.8 Å². The summed E-state index contributed by atoms with van der Waals surface area (Å²) in [6.45, 7) is 6.40. The van der Waals surface area contributed by atoms with Gasteiger partial charge in [0.25, 0.3) is 5.91 Å². The number of nitrogens with zero attached hydrogens (tertiary/aromatic N) is 3. The molecule has 284 valence electrons. The van der Waals surface area contributed by atoms with E-state index < -0.39 is 47.7 Å². The molecule has 2 aromatic rings. The Morgan fingerprint density at radius 3 is 2.42 bits per heavy atom. The number of methoxy groups -OCH3 is 1. The van der Waals surface area contributed by atoms with Crippen molar-refractivity contribution in [1.82, 2.24) is 10.2 Å². The molecule has 4 aliphatic heterocycles. The highest BCUT2D eigenvalue weighted by Crippen LogP contribution is 2.56.